The van der Waals surface area contributed by atoms with Gasteiger partial charge in [-0.05, 0) is 62.8 Å². The van der Waals surface area contributed by atoms with E-state index in [1.165, 1.54) is 13.0 Å². The van der Waals surface area contributed by atoms with E-state index in [-0.39, 0.29) is 45.4 Å². The molecule has 1 aromatic heterocycles. The summed E-state index contributed by atoms with van der Waals surface area (Å²) in [6, 6.07) is 1.15. The lowest BCUT2D eigenvalue weighted by atomic mass is 9.87. The topological polar surface area (TPSA) is 70.3 Å². The molecule has 0 aliphatic carbocycles. The molecule has 0 spiro atoms. The third kappa shape index (κ3) is 4.41. The molecule has 0 amide bonds. The van der Waals surface area contributed by atoms with Crippen LogP contribution in [0, 0.1) is 24.4 Å². The molecule has 3 aromatic rings. The number of aromatic nitrogens is 2. The predicted octanol–water partition coefficient (Wildman–Crippen LogP) is 6.77. The number of nitrogen functional groups attached to an aromatic ring is 1. The average Bonchev–Trinajstić information content (AvgIpc) is 3.52. The Morgan fingerprint density at radius 1 is 1.16 bits per heavy atom. The van der Waals surface area contributed by atoms with Crippen LogP contribution in [0.4, 0.5) is 33.5 Å². The molecular formula is C32H32ClF5N6. The number of hydrogen-bond acceptors (Lipinski definition) is 6. The van der Waals surface area contributed by atoms with Gasteiger partial charge in [-0.25, -0.2) is 23.1 Å². The Morgan fingerprint density at radius 2 is 1.95 bits per heavy atom. The van der Waals surface area contributed by atoms with Crippen molar-refractivity contribution in [2.24, 2.45) is 0 Å². The number of hydrogen-bond donors (Lipinski definition) is 2. The highest BCUT2D eigenvalue weighted by molar-refractivity contribution is 6.37. The number of nitrogens with two attached hydrogens (primary N) is 1. The molecule has 0 bridgehead atoms. The van der Waals surface area contributed by atoms with Crippen molar-refractivity contribution in [3.05, 3.63) is 63.7 Å². The summed E-state index contributed by atoms with van der Waals surface area (Å²) in [5.41, 5.74) is 5.30. The summed E-state index contributed by atoms with van der Waals surface area (Å²) in [5, 5.41) is 3.73. The van der Waals surface area contributed by atoms with Crippen molar-refractivity contribution >= 4 is 39.6 Å². The Morgan fingerprint density at radius 3 is 2.73 bits per heavy atom. The van der Waals surface area contributed by atoms with Gasteiger partial charge in [0.2, 0.25) is 0 Å². The van der Waals surface area contributed by atoms with Gasteiger partial charge in [0.1, 0.15) is 22.8 Å². The Kier molecular flexibility index (Phi) is 7.13. The van der Waals surface area contributed by atoms with Crippen LogP contribution in [0.1, 0.15) is 49.1 Å². The normalized spacial score (nSPS) is 23.3. The third-order valence-electron chi connectivity index (χ3n) is 9.94. The van der Waals surface area contributed by atoms with Crippen LogP contribution in [0.3, 0.4) is 0 Å². The van der Waals surface area contributed by atoms with Gasteiger partial charge in [0.15, 0.2) is 17.5 Å². The Labute approximate surface area is 256 Å². The summed E-state index contributed by atoms with van der Waals surface area (Å²) < 4.78 is 73.9. The van der Waals surface area contributed by atoms with E-state index in [0.717, 1.165) is 19.4 Å². The SMILES string of the molecule is C=C1C[C@@H]2CNCCN2c2nc(CCC34CCCN3CC(=C(F)F)C4)nc3c(F)c(-c4cc(C)c(F)c(N)c4F)c(Cl)c1c23. The molecule has 1 unspecified atom stereocenters. The van der Waals surface area contributed by atoms with Gasteiger partial charge < -0.3 is 16.0 Å². The molecule has 7 rings (SSSR count). The number of piperazine rings is 1. The van der Waals surface area contributed by atoms with Crippen LogP contribution in [-0.2, 0) is 6.42 Å². The van der Waals surface area contributed by atoms with Crippen LogP contribution in [0.5, 0.6) is 0 Å². The van der Waals surface area contributed by atoms with Crippen molar-refractivity contribution in [2.75, 3.05) is 43.4 Å². The van der Waals surface area contributed by atoms with Crippen LogP contribution < -0.4 is 16.0 Å². The van der Waals surface area contributed by atoms with E-state index < -0.39 is 34.8 Å². The molecule has 3 N–H and O–H groups in total. The molecule has 0 saturated carbocycles. The summed E-state index contributed by atoms with van der Waals surface area (Å²) in [6.07, 6.45) is 1.74. The molecule has 2 atom stereocenters. The molecule has 4 aliphatic heterocycles. The van der Waals surface area contributed by atoms with Crippen LogP contribution in [0.25, 0.3) is 27.6 Å². The van der Waals surface area contributed by atoms with Crippen molar-refractivity contribution in [1.82, 2.24) is 20.2 Å². The first-order chi connectivity index (χ1) is 21.0. The van der Waals surface area contributed by atoms with E-state index in [1.54, 1.807) is 0 Å². The zero-order chi connectivity index (χ0) is 31.1. The minimum absolute atomic E-state index is 0.0396. The van der Waals surface area contributed by atoms with E-state index in [4.69, 9.17) is 27.3 Å². The largest absolute Gasteiger partial charge is 0.394 e. The summed E-state index contributed by atoms with van der Waals surface area (Å²) in [5.74, 6) is -2.00. The standard InChI is InChI=1S/C32H32ClF5N6/c1-15-10-18-13-40-7-9-44(18)31-23-21(15)24(33)22(19-11-16(2)25(34)28(39)26(19)35)27(36)29(23)41-20(42-31)4-6-32-5-3-8-43(32)14-17(12-32)30(37)38/h11,18,40H,1,3-10,12-14,39H2,2H3/t18-,32?/m1/s1. The Balaban J connectivity index is 1.43. The van der Waals surface area contributed by atoms with Crippen LogP contribution in [0.2, 0.25) is 5.02 Å². The number of rotatable bonds is 4. The first-order valence-electron chi connectivity index (χ1n) is 14.9. The van der Waals surface area contributed by atoms with Crippen molar-refractivity contribution in [2.45, 2.75) is 57.0 Å². The quantitative estimate of drug-likeness (QED) is 0.245. The van der Waals surface area contributed by atoms with Gasteiger partial charge in [-0.1, -0.05) is 18.2 Å². The number of halogens is 6. The molecule has 2 aromatic carbocycles. The molecule has 0 radical (unpaired) electrons. The maximum atomic E-state index is 16.8. The highest BCUT2D eigenvalue weighted by atomic mass is 35.5. The predicted molar refractivity (Wildman–Crippen MR) is 162 cm³/mol. The first kappa shape index (κ1) is 29.4. The molecule has 232 valence electrons. The molecule has 44 heavy (non-hydrogen) atoms. The van der Waals surface area contributed by atoms with E-state index in [9.17, 15) is 13.2 Å². The number of aryl methyl sites for hydroxylation is 2. The van der Waals surface area contributed by atoms with Crippen LogP contribution >= 0.6 is 11.6 Å². The number of nitrogens with one attached hydrogen (secondary N) is 1. The third-order valence-corrected chi connectivity index (χ3v) is 10.3. The van der Waals surface area contributed by atoms with Crippen LogP contribution in [0.15, 0.2) is 24.3 Å². The van der Waals surface area contributed by atoms with Crippen molar-refractivity contribution in [3.63, 3.8) is 0 Å². The monoisotopic (exact) mass is 630 g/mol. The van der Waals surface area contributed by atoms with Gasteiger partial charge in [0.25, 0.3) is 6.08 Å². The summed E-state index contributed by atoms with van der Waals surface area (Å²) in [4.78, 5) is 13.9. The van der Waals surface area contributed by atoms with E-state index in [1.807, 2.05) is 0 Å². The lowest BCUT2D eigenvalue weighted by molar-refractivity contribution is 0.182. The molecule has 12 heteroatoms. The second-order valence-electron chi connectivity index (χ2n) is 12.5. The van der Waals surface area contributed by atoms with Crippen molar-refractivity contribution < 1.29 is 22.0 Å². The Bertz CT molecular complexity index is 1770. The fourth-order valence-corrected chi connectivity index (χ4v) is 8.19. The minimum Gasteiger partial charge on any atom is -0.394 e. The zero-order valence-electron chi connectivity index (χ0n) is 24.3. The van der Waals surface area contributed by atoms with E-state index >= 15 is 8.78 Å². The summed E-state index contributed by atoms with van der Waals surface area (Å²) >= 11 is 6.94. The minimum atomic E-state index is -1.62. The number of nitrogens with zero attached hydrogens (tertiary/aromatic N) is 4. The molecule has 6 nitrogen and oxygen atoms in total. The number of anilines is 2. The van der Waals surface area contributed by atoms with Gasteiger partial charge in [-0.2, -0.15) is 8.78 Å². The fraction of sp³-hybridized carbons (Fsp3) is 0.438. The number of fused-ring (bicyclic) bond motifs is 3. The van der Waals surface area contributed by atoms with Gasteiger partial charge >= 0.3 is 0 Å². The molecular weight excluding hydrogens is 599 g/mol. The van der Waals surface area contributed by atoms with E-state index in [2.05, 4.69) is 21.7 Å². The molecule has 5 heterocycles. The molecule has 3 saturated heterocycles. The van der Waals surface area contributed by atoms with E-state index in [0.29, 0.717) is 73.5 Å². The highest BCUT2D eigenvalue weighted by Gasteiger charge is 2.47. The van der Waals surface area contributed by atoms with Gasteiger partial charge in [0, 0.05) is 66.4 Å². The van der Waals surface area contributed by atoms with Gasteiger partial charge in [0.05, 0.1) is 10.4 Å². The lowest BCUT2D eigenvalue weighted by Crippen LogP contribution is -2.51. The smallest absolute Gasteiger partial charge is 0.270 e. The second kappa shape index (κ2) is 10.7. The highest BCUT2D eigenvalue weighted by Crippen LogP contribution is 2.49. The van der Waals surface area contributed by atoms with Gasteiger partial charge in [-0.3, -0.25) is 4.90 Å². The summed E-state index contributed by atoms with van der Waals surface area (Å²) in [6.45, 7) is 8.64. The summed E-state index contributed by atoms with van der Waals surface area (Å²) in [7, 11) is 0. The lowest BCUT2D eigenvalue weighted by Gasteiger charge is -2.36. The fourth-order valence-electron chi connectivity index (χ4n) is 7.78. The van der Waals surface area contributed by atoms with Crippen molar-refractivity contribution in [1.29, 1.82) is 0 Å². The average molecular weight is 631 g/mol. The zero-order valence-corrected chi connectivity index (χ0v) is 25.0. The molecule has 3 fully saturated rings. The maximum Gasteiger partial charge on any atom is 0.270 e. The molecule has 4 aliphatic rings. The van der Waals surface area contributed by atoms with Crippen LogP contribution in [-0.4, -0.2) is 59.2 Å². The Hall–Kier alpha value is -3.28. The van der Waals surface area contributed by atoms with Gasteiger partial charge in [-0.15, -0.1) is 0 Å². The maximum absolute atomic E-state index is 16.8. The second-order valence-corrected chi connectivity index (χ2v) is 12.9. The first-order valence-corrected chi connectivity index (χ1v) is 15.3. The van der Waals surface area contributed by atoms with Crippen molar-refractivity contribution in [3.8, 4) is 11.1 Å². The number of benzene rings is 2.